The van der Waals surface area contributed by atoms with E-state index in [1.807, 2.05) is 12.1 Å². The lowest BCUT2D eigenvalue weighted by Gasteiger charge is -2.20. The van der Waals surface area contributed by atoms with E-state index in [9.17, 15) is 4.79 Å². The van der Waals surface area contributed by atoms with Crippen molar-refractivity contribution in [3.05, 3.63) is 24.5 Å². The molecule has 84 valence electrons. The van der Waals surface area contributed by atoms with Crippen LogP contribution in [0.1, 0.15) is 25.7 Å². The van der Waals surface area contributed by atoms with Gasteiger partial charge in [-0.05, 0) is 43.2 Å². The topological polar surface area (TPSA) is 42.0 Å². The zero-order chi connectivity index (χ0) is 11.0. The molecule has 0 radical (unpaired) electrons. The molecule has 2 aliphatic carbocycles. The molecule has 2 aliphatic rings. The summed E-state index contributed by atoms with van der Waals surface area (Å²) in [5.41, 5.74) is 0.815. The molecule has 3 nitrogen and oxygen atoms in total. The highest BCUT2D eigenvalue weighted by molar-refractivity contribution is 5.92. The van der Waals surface area contributed by atoms with Crippen LogP contribution in [-0.2, 0) is 4.79 Å². The normalized spacial score (nSPS) is 31.6. The minimum absolute atomic E-state index is 0.195. The van der Waals surface area contributed by atoms with Crippen LogP contribution in [0.4, 0.5) is 5.69 Å². The molecule has 3 atom stereocenters. The van der Waals surface area contributed by atoms with Crippen molar-refractivity contribution >= 4 is 11.6 Å². The van der Waals surface area contributed by atoms with E-state index in [0.29, 0.717) is 5.92 Å². The van der Waals surface area contributed by atoms with Crippen molar-refractivity contribution in [1.29, 1.82) is 0 Å². The zero-order valence-electron chi connectivity index (χ0n) is 9.23. The number of nitrogens with one attached hydrogen (secondary N) is 1. The molecule has 2 saturated carbocycles. The molecule has 0 aliphatic heterocycles. The first-order valence-electron chi connectivity index (χ1n) is 6.04. The third-order valence-corrected chi connectivity index (χ3v) is 4.00. The Morgan fingerprint density at radius 1 is 1.38 bits per heavy atom. The summed E-state index contributed by atoms with van der Waals surface area (Å²) in [6.45, 7) is 0. The Bertz CT molecular complexity index is 390. The van der Waals surface area contributed by atoms with Gasteiger partial charge in [-0.25, -0.2) is 0 Å². The van der Waals surface area contributed by atoms with Crippen molar-refractivity contribution in [2.45, 2.75) is 25.7 Å². The molecule has 3 heteroatoms. The van der Waals surface area contributed by atoms with Crippen molar-refractivity contribution in [3.63, 3.8) is 0 Å². The van der Waals surface area contributed by atoms with Crippen molar-refractivity contribution < 1.29 is 4.79 Å². The lowest BCUT2D eigenvalue weighted by Crippen LogP contribution is -2.27. The molecular formula is C13H16N2O. The SMILES string of the molecule is O=C(Nc1cccnc1)[C@@H]1C[C@H]2CC[C@@H]1C2. The van der Waals surface area contributed by atoms with Crippen LogP contribution in [-0.4, -0.2) is 10.9 Å². The molecule has 0 unspecified atom stereocenters. The zero-order valence-corrected chi connectivity index (χ0v) is 9.23. The van der Waals surface area contributed by atoms with Crippen molar-refractivity contribution in [2.75, 3.05) is 5.32 Å². The van der Waals surface area contributed by atoms with Crippen LogP contribution in [0.5, 0.6) is 0 Å². The summed E-state index contributed by atoms with van der Waals surface area (Å²) in [6, 6.07) is 3.73. The summed E-state index contributed by atoms with van der Waals surface area (Å²) < 4.78 is 0. The number of anilines is 1. The number of hydrogen-bond acceptors (Lipinski definition) is 2. The molecule has 1 amide bonds. The van der Waals surface area contributed by atoms with E-state index >= 15 is 0 Å². The molecule has 1 N–H and O–H groups in total. The predicted octanol–water partition coefficient (Wildman–Crippen LogP) is 2.46. The summed E-state index contributed by atoms with van der Waals surface area (Å²) in [6.07, 6.45) is 8.36. The van der Waals surface area contributed by atoms with Crippen molar-refractivity contribution in [3.8, 4) is 0 Å². The molecule has 2 bridgehead atoms. The van der Waals surface area contributed by atoms with E-state index in [1.165, 1.54) is 19.3 Å². The summed E-state index contributed by atoms with van der Waals surface area (Å²) >= 11 is 0. The highest BCUT2D eigenvalue weighted by Crippen LogP contribution is 2.48. The highest BCUT2D eigenvalue weighted by atomic mass is 16.1. The Hall–Kier alpha value is -1.38. The van der Waals surface area contributed by atoms with Crippen LogP contribution < -0.4 is 5.32 Å². The smallest absolute Gasteiger partial charge is 0.227 e. The van der Waals surface area contributed by atoms with E-state index in [-0.39, 0.29) is 11.8 Å². The van der Waals surface area contributed by atoms with E-state index in [2.05, 4.69) is 10.3 Å². The average molecular weight is 216 g/mol. The Kier molecular flexibility index (Phi) is 2.39. The monoisotopic (exact) mass is 216 g/mol. The van der Waals surface area contributed by atoms with Gasteiger partial charge in [0.25, 0.3) is 0 Å². The third-order valence-electron chi connectivity index (χ3n) is 4.00. The quantitative estimate of drug-likeness (QED) is 0.825. The molecule has 0 saturated heterocycles. The molecule has 0 aromatic carbocycles. The number of fused-ring (bicyclic) bond motifs is 2. The second kappa shape index (κ2) is 3.89. The maximum Gasteiger partial charge on any atom is 0.227 e. The van der Waals surface area contributed by atoms with E-state index in [1.54, 1.807) is 12.4 Å². The maximum absolute atomic E-state index is 12.1. The van der Waals surface area contributed by atoms with Crippen LogP contribution in [0, 0.1) is 17.8 Å². The number of carbonyl (C=O) groups excluding carboxylic acids is 1. The van der Waals surface area contributed by atoms with Gasteiger partial charge < -0.3 is 5.32 Å². The van der Waals surface area contributed by atoms with Gasteiger partial charge in [0.05, 0.1) is 11.9 Å². The number of aromatic nitrogens is 1. The van der Waals surface area contributed by atoms with E-state index in [4.69, 9.17) is 0 Å². The summed E-state index contributed by atoms with van der Waals surface area (Å²) in [5.74, 6) is 1.90. The van der Waals surface area contributed by atoms with Gasteiger partial charge in [0.2, 0.25) is 5.91 Å². The van der Waals surface area contributed by atoms with Crippen molar-refractivity contribution in [2.24, 2.45) is 17.8 Å². The number of amides is 1. The van der Waals surface area contributed by atoms with Gasteiger partial charge >= 0.3 is 0 Å². The van der Waals surface area contributed by atoms with Gasteiger partial charge in [-0.15, -0.1) is 0 Å². The number of nitrogens with zero attached hydrogens (tertiary/aromatic N) is 1. The second-order valence-corrected chi connectivity index (χ2v) is 5.01. The molecule has 1 aromatic rings. The number of hydrogen-bond donors (Lipinski definition) is 1. The summed E-state index contributed by atoms with van der Waals surface area (Å²) in [5, 5.41) is 2.97. The first kappa shape index (κ1) is 9.82. The Morgan fingerprint density at radius 3 is 2.94 bits per heavy atom. The Labute approximate surface area is 95.3 Å². The minimum atomic E-state index is 0.195. The Morgan fingerprint density at radius 2 is 2.31 bits per heavy atom. The fourth-order valence-electron chi connectivity index (χ4n) is 3.24. The minimum Gasteiger partial charge on any atom is -0.324 e. The predicted molar refractivity (Wildman–Crippen MR) is 61.8 cm³/mol. The molecule has 0 spiro atoms. The van der Waals surface area contributed by atoms with E-state index < -0.39 is 0 Å². The number of carbonyl (C=O) groups is 1. The first-order chi connectivity index (χ1) is 7.83. The number of pyridine rings is 1. The molecular weight excluding hydrogens is 200 g/mol. The van der Waals surface area contributed by atoms with Crippen LogP contribution >= 0.6 is 0 Å². The lowest BCUT2D eigenvalue weighted by atomic mass is 9.88. The van der Waals surface area contributed by atoms with Gasteiger partial charge in [-0.3, -0.25) is 9.78 Å². The maximum atomic E-state index is 12.1. The molecule has 2 fully saturated rings. The van der Waals surface area contributed by atoms with Gasteiger partial charge in [0.1, 0.15) is 0 Å². The standard InChI is InChI=1S/C13H16N2O/c16-13(15-11-2-1-5-14-8-11)12-7-9-3-4-10(12)6-9/h1-2,5,8-10,12H,3-4,6-7H2,(H,15,16)/t9-,10+,12+/m0/s1. The molecule has 16 heavy (non-hydrogen) atoms. The van der Waals surface area contributed by atoms with Crippen LogP contribution in [0.2, 0.25) is 0 Å². The van der Waals surface area contributed by atoms with Gasteiger partial charge in [-0.2, -0.15) is 0 Å². The highest BCUT2D eigenvalue weighted by Gasteiger charge is 2.42. The average Bonchev–Trinajstić information content (AvgIpc) is 2.92. The van der Waals surface area contributed by atoms with Gasteiger partial charge in [0.15, 0.2) is 0 Å². The second-order valence-electron chi connectivity index (χ2n) is 5.01. The molecule has 1 aromatic heterocycles. The summed E-state index contributed by atoms with van der Waals surface area (Å²) in [4.78, 5) is 16.1. The van der Waals surface area contributed by atoms with Gasteiger partial charge in [0, 0.05) is 12.1 Å². The fourth-order valence-corrected chi connectivity index (χ4v) is 3.24. The van der Waals surface area contributed by atoms with Crippen LogP contribution in [0.25, 0.3) is 0 Å². The lowest BCUT2D eigenvalue weighted by molar-refractivity contribution is -0.121. The summed E-state index contributed by atoms with van der Waals surface area (Å²) in [7, 11) is 0. The Balaban J connectivity index is 1.66. The largest absolute Gasteiger partial charge is 0.324 e. The number of rotatable bonds is 2. The van der Waals surface area contributed by atoms with Crippen LogP contribution in [0.15, 0.2) is 24.5 Å². The van der Waals surface area contributed by atoms with Gasteiger partial charge in [-0.1, -0.05) is 6.42 Å². The first-order valence-corrected chi connectivity index (χ1v) is 6.04. The third kappa shape index (κ3) is 1.70. The van der Waals surface area contributed by atoms with Crippen LogP contribution in [0.3, 0.4) is 0 Å². The molecule has 1 heterocycles. The molecule has 3 rings (SSSR count). The van der Waals surface area contributed by atoms with Crippen molar-refractivity contribution in [1.82, 2.24) is 4.98 Å². The fraction of sp³-hybridized carbons (Fsp3) is 0.538. The van der Waals surface area contributed by atoms with E-state index in [0.717, 1.165) is 18.0 Å².